The number of ether oxygens (including phenoxy) is 3. The smallest absolute Gasteiger partial charge is 0.313 e. The van der Waals surface area contributed by atoms with E-state index in [0.717, 1.165) is 12.1 Å². The topological polar surface area (TPSA) is 123 Å². The van der Waals surface area contributed by atoms with E-state index in [-0.39, 0.29) is 48.8 Å². The van der Waals surface area contributed by atoms with Crippen molar-refractivity contribution in [2.75, 3.05) is 25.6 Å². The number of anilines is 1. The average molecular weight is 673 g/mol. The number of hydrogen-bond acceptors (Lipinski definition) is 6. The largest absolute Gasteiger partial charge is 0.496 e. The molecule has 1 heterocycles. The molecule has 1 saturated carbocycles. The summed E-state index contributed by atoms with van der Waals surface area (Å²) < 4.78 is 111. The van der Waals surface area contributed by atoms with E-state index in [1.54, 1.807) is 6.92 Å². The normalized spacial score (nSPS) is 25.3. The molecule has 9 nitrogen and oxygen atoms in total. The summed E-state index contributed by atoms with van der Waals surface area (Å²) in [5.74, 6) is -7.41. The Balaban J connectivity index is 1.50. The van der Waals surface area contributed by atoms with E-state index in [1.807, 2.05) is 0 Å². The summed E-state index contributed by atoms with van der Waals surface area (Å²) in [5, 5.41) is 14.1. The van der Waals surface area contributed by atoms with Crippen LogP contribution in [0.4, 0.5) is 33.9 Å². The van der Waals surface area contributed by atoms with Gasteiger partial charge in [-0.2, -0.15) is 0 Å². The number of amides is 2. The van der Waals surface area contributed by atoms with Gasteiger partial charge in [0, 0.05) is 18.4 Å². The van der Waals surface area contributed by atoms with Crippen molar-refractivity contribution in [1.29, 1.82) is 0 Å². The minimum atomic E-state index is -10.4. The van der Waals surface area contributed by atoms with Gasteiger partial charge in [0.25, 0.3) is 5.91 Å². The molecule has 17 heteroatoms. The third kappa shape index (κ3) is 7.92. The Morgan fingerprint density at radius 1 is 0.978 bits per heavy atom. The number of carbonyl (C=O) groups excluding carboxylic acids is 2. The first-order chi connectivity index (χ1) is 20.7. The summed E-state index contributed by atoms with van der Waals surface area (Å²) in [6, 6.07) is 1.58. The van der Waals surface area contributed by atoms with Gasteiger partial charge in [-0.05, 0) is 63.3 Å². The van der Waals surface area contributed by atoms with Crippen LogP contribution in [0.1, 0.15) is 49.4 Å². The van der Waals surface area contributed by atoms with Gasteiger partial charge in [-0.3, -0.25) is 14.4 Å². The molecule has 2 aromatic rings. The first kappa shape index (κ1) is 34.1. The molecule has 2 atom stereocenters. The minimum Gasteiger partial charge on any atom is -0.496 e. The van der Waals surface area contributed by atoms with Crippen LogP contribution in [0.2, 0.25) is 0 Å². The molecule has 0 unspecified atom stereocenters. The molecule has 1 aliphatic carbocycles. The molecule has 0 spiro atoms. The van der Waals surface area contributed by atoms with Gasteiger partial charge < -0.3 is 30.0 Å². The number of hydrogen-bond donors (Lipinski definition) is 3. The highest BCUT2D eigenvalue weighted by Gasteiger charge is 2.67. The zero-order chi connectivity index (χ0) is 33.4. The van der Waals surface area contributed by atoms with Crippen LogP contribution in [-0.4, -0.2) is 55.4 Å². The number of carboxylic acids is 1. The zero-order valence-electron chi connectivity index (χ0n) is 24.0. The van der Waals surface area contributed by atoms with Crippen LogP contribution in [0.15, 0.2) is 35.2 Å². The Labute approximate surface area is 253 Å². The molecule has 3 N–H and O–H groups in total. The van der Waals surface area contributed by atoms with E-state index < -0.39 is 73.7 Å². The standard InChI is InChI=1S/C28H31F7N2O7S/c1-28(27(40)41)8-5-16(6-9-28)44-23-12-18(22(42-2)13-20(23)30)26(39)37-21-14-43-10-7-17(21)25(38)36-15-3-4-19(29)24(11-15)45(31,32,33,34)35/h3-4,11-13,16-17,21H,5-10,14H2,1-2H3,(H,36,38)(H,37,39)(H,40,41)/t16-,17-,21+,28+/m1/s1. The van der Waals surface area contributed by atoms with Crippen molar-refractivity contribution in [3.63, 3.8) is 0 Å². The zero-order valence-corrected chi connectivity index (χ0v) is 24.8. The highest BCUT2D eigenvalue weighted by Crippen LogP contribution is 3.02. The number of methoxy groups -OCH3 is 1. The van der Waals surface area contributed by atoms with Crippen molar-refractivity contribution in [1.82, 2.24) is 5.32 Å². The van der Waals surface area contributed by atoms with E-state index in [1.165, 1.54) is 7.11 Å². The summed E-state index contributed by atoms with van der Waals surface area (Å²) in [6.45, 7) is 1.41. The van der Waals surface area contributed by atoms with Gasteiger partial charge in [0.05, 0.1) is 42.8 Å². The summed E-state index contributed by atoms with van der Waals surface area (Å²) in [7, 11) is -9.23. The number of nitrogens with one attached hydrogen (secondary N) is 2. The fraction of sp³-hybridized carbons (Fsp3) is 0.464. The van der Waals surface area contributed by atoms with Crippen LogP contribution in [0.5, 0.6) is 11.5 Å². The average Bonchev–Trinajstić information content (AvgIpc) is 2.94. The van der Waals surface area contributed by atoms with Crippen LogP contribution in [-0.2, 0) is 14.3 Å². The molecule has 2 fully saturated rings. The summed E-state index contributed by atoms with van der Waals surface area (Å²) in [5.41, 5.74) is -1.86. The van der Waals surface area contributed by atoms with Gasteiger partial charge >= 0.3 is 16.2 Å². The molecule has 45 heavy (non-hydrogen) atoms. The van der Waals surface area contributed by atoms with Crippen molar-refractivity contribution in [2.24, 2.45) is 11.3 Å². The Morgan fingerprint density at radius 2 is 1.64 bits per heavy atom. The molecule has 4 rings (SSSR count). The van der Waals surface area contributed by atoms with E-state index >= 15 is 0 Å². The lowest BCUT2D eigenvalue weighted by Gasteiger charge is -2.40. The van der Waals surface area contributed by atoms with Crippen molar-refractivity contribution in [3.8, 4) is 11.5 Å². The number of halogens is 7. The SMILES string of the molecule is COc1cc(F)c(O[C@H]2CC[C@@](C)(C(=O)O)CC2)cc1C(=O)N[C@H]1COCC[C@H]1C(=O)Nc1ccc(F)c(S(F)(F)(F)(F)F)c1. The molecule has 2 aliphatic rings. The van der Waals surface area contributed by atoms with Crippen molar-refractivity contribution in [2.45, 2.75) is 56.1 Å². The van der Waals surface area contributed by atoms with Crippen LogP contribution in [0, 0.1) is 23.0 Å². The Hall–Kier alpha value is -3.73. The lowest BCUT2D eigenvalue weighted by Crippen LogP contribution is -2.50. The van der Waals surface area contributed by atoms with E-state index in [0.29, 0.717) is 31.7 Å². The number of carbonyl (C=O) groups is 3. The third-order valence-electron chi connectivity index (χ3n) is 7.97. The number of rotatable bonds is 9. The molecular formula is C28H31F7N2O7S. The lowest BCUT2D eigenvalue weighted by molar-refractivity contribution is -0.150. The number of benzene rings is 2. The molecule has 0 radical (unpaired) electrons. The van der Waals surface area contributed by atoms with Crippen LogP contribution < -0.4 is 20.1 Å². The van der Waals surface area contributed by atoms with Gasteiger partial charge in [0.1, 0.15) is 16.5 Å². The van der Waals surface area contributed by atoms with Gasteiger partial charge in [-0.25, -0.2) is 8.78 Å². The molecule has 2 aromatic carbocycles. The minimum absolute atomic E-state index is 0.0186. The molecule has 0 bridgehead atoms. The van der Waals surface area contributed by atoms with Crippen molar-refractivity contribution < 1.29 is 61.9 Å². The molecule has 1 saturated heterocycles. The summed E-state index contributed by atoms with van der Waals surface area (Å²) in [4.78, 5) is 35.1. The fourth-order valence-electron chi connectivity index (χ4n) is 5.26. The van der Waals surface area contributed by atoms with Gasteiger partial charge in [0.15, 0.2) is 11.6 Å². The number of carboxylic acid groups (broad SMARTS) is 1. The van der Waals surface area contributed by atoms with Crippen LogP contribution in [0.3, 0.4) is 0 Å². The fourth-order valence-corrected chi connectivity index (χ4v) is 6.05. The van der Waals surface area contributed by atoms with E-state index in [4.69, 9.17) is 14.2 Å². The Kier molecular flexibility index (Phi) is 8.78. The predicted molar refractivity (Wildman–Crippen MR) is 148 cm³/mol. The van der Waals surface area contributed by atoms with Gasteiger partial charge in [0.2, 0.25) is 5.91 Å². The molecule has 2 amide bonds. The molecule has 1 aliphatic heterocycles. The van der Waals surface area contributed by atoms with Crippen molar-refractivity contribution >= 4 is 33.7 Å². The van der Waals surface area contributed by atoms with Gasteiger partial charge in [-0.15, -0.1) is 0 Å². The first-order valence-electron chi connectivity index (χ1n) is 13.7. The summed E-state index contributed by atoms with van der Waals surface area (Å²) >= 11 is 0. The van der Waals surface area contributed by atoms with Crippen LogP contribution >= 0.6 is 10.2 Å². The molecule has 250 valence electrons. The highest BCUT2D eigenvalue weighted by atomic mass is 32.5. The second-order valence-electron chi connectivity index (χ2n) is 11.3. The number of aliphatic carboxylic acids is 1. The maximum absolute atomic E-state index is 14.9. The van der Waals surface area contributed by atoms with E-state index in [9.17, 15) is 47.7 Å². The molecule has 0 aromatic heterocycles. The quantitative estimate of drug-likeness (QED) is 0.250. The Bertz CT molecular complexity index is 1500. The van der Waals surface area contributed by atoms with E-state index in [2.05, 4.69) is 10.6 Å². The third-order valence-corrected chi connectivity index (χ3v) is 9.11. The maximum atomic E-state index is 14.9. The molecular weight excluding hydrogens is 641 g/mol. The Morgan fingerprint density at radius 3 is 2.24 bits per heavy atom. The monoisotopic (exact) mass is 672 g/mol. The predicted octanol–water partition coefficient (Wildman–Crippen LogP) is 6.82. The lowest BCUT2D eigenvalue weighted by atomic mass is 9.75. The maximum Gasteiger partial charge on any atom is 0.313 e. The van der Waals surface area contributed by atoms with Crippen molar-refractivity contribution in [3.05, 3.63) is 47.5 Å². The first-order valence-corrected chi connectivity index (χ1v) is 15.7. The second-order valence-corrected chi connectivity index (χ2v) is 13.7. The summed E-state index contributed by atoms with van der Waals surface area (Å²) in [6.07, 6.45) is 0.679. The second kappa shape index (κ2) is 11.6. The van der Waals surface area contributed by atoms with Gasteiger partial charge in [-0.1, -0.05) is 19.4 Å². The van der Waals surface area contributed by atoms with Crippen LogP contribution in [0.25, 0.3) is 0 Å². The highest BCUT2D eigenvalue weighted by molar-refractivity contribution is 8.45.